The van der Waals surface area contributed by atoms with Crippen LogP contribution in [0.4, 0.5) is 0 Å². The van der Waals surface area contributed by atoms with Crippen molar-refractivity contribution in [1.29, 1.82) is 0 Å². The Morgan fingerprint density at radius 3 is 2.57 bits per heavy atom. The van der Waals surface area contributed by atoms with Gasteiger partial charge in [-0.3, -0.25) is 0 Å². The average Bonchev–Trinajstić information content (AvgIpc) is 2.10. The van der Waals surface area contributed by atoms with Gasteiger partial charge in [0.1, 0.15) is 0 Å². The van der Waals surface area contributed by atoms with E-state index in [4.69, 9.17) is 11.6 Å². The highest BCUT2D eigenvalue weighted by atomic mass is 79.9. The van der Waals surface area contributed by atoms with Crippen LogP contribution in [0.15, 0.2) is 22.7 Å². The number of rotatable bonds is 2. The Bertz CT molecular complexity index is 342. The summed E-state index contributed by atoms with van der Waals surface area (Å²) in [4.78, 5) is 0. The van der Waals surface area contributed by atoms with Crippen molar-refractivity contribution in [2.45, 2.75) is 24.7 Å². The van der Waals surface area contributed by atoms with Crippen LogP contribution in [-0.4, -0.2) is 11.7 Å². The maximum atomic E-state index is 9.40. The number of hydrogen-bond donors (Lipinski definition) is 1. The van der Waals surface area contributed by atoms with E-state index in [-0.39, 0.29) is 12.0 Å². The lowest BCUT2D eigenvalue weighted by molar-refractivity contribution is 0.120. The van der Waals surface area contributed by atoms with Crippen molar-refractivity contribution in [3.63, 3.8) is 0 Å². The van der Waals surface area contributed by atoms with Gasteiger partial charge in [-0.05, 0) is 46.5 Å². The summed E-state index contributed by atoms with van der Waals surface area (Å²) in [7, 11) is 0. The fourth-order valence-corrected chi connectivity index (χ4v) is 2.39. The van der Waals surface area contributed by atoms with E-state index in [1.54, 1.807) is 0 Å². The molecule has 3 heteroatoms. The lowest BCUT2D eigenvalue weighted by Crippen LogP contribution is -2.37. The zero-order valence-electron chi connectivity index (χ0n) is 7.76. The summed E-state index contributed by atoms with van der Waals surface area (Å²) in [5.74, 6) is 0. The Morgan fingerprint density at radius 2 is 2.14 bits per heavy atom. The molecule has 1 nitrogen and oxygen atoms in total. The topological polar surface area (TPSA) is 20.2 Å². The second kappa shape index (κ2) is 3.84. The molecule has 1 aromatic rings. The van der Waals surface area contributed by atoms with E-state index >= 15 is 0 Å². The Balaban J connectivity index is 2.36. The first-order chi connectivity index (χ1) is 6.68. The minimum absolute atomic E-state index is 0.00958. The van der Waals surface area contributed by atoms with E-state index < -0.39 is 0 Å². The molecular weight excluding hydrogens is 263 g/mol. The first-order valence-corrected chi connectivity index (χ1v) is 5.91. The number of aliphatic hydroxyl groups is 1. The van der Waals surface area contributed by atoms with Crippen molar-refractivity contribution in [2.24, 2.45) is 0 Å². The highest BCUT2D eigenvalue weighted by molar-refractivity contribution is 9.10. The summed E-state index contributed by atoms with van der Waals surface area (Å²) in [6.45, 7) is 0.227. The van der Waals surface area contributed by atoms with Crippen molar-refractivity contribution >= 4 is 27.5 Å². The second-order valence-electron chi connectivity index (χ2n) is 3.92. The molecule has 0 aromatic heterocycles. The number of halogens is 2. The van der Waals surface area contributed by atoms with Crippen LogP contribution in [0.1, 0.15) is 24.8 Å². The maximum Gasteiger partial charge on any atom is 0.0551 e. The molecule has 0 radical (unpaired) electrons. The van der Waals surface area contributed by atoms with Gasteiger partial charge in [0.05, 0.1) is 11.6 Å². The standard InChI is InChI=1S/C11H12BrClO/c12-9-3-2-8(6-10(9)13)11(7-14)4-1-5-11/h2-3,6,14H,1,4-5,7H2. The molecule has 1 fully saturated rings. The van der Waals surface area contributed by atoms with E-state index in [1.807, 2.05) is 18.2 Å². The molecule has 1 saturated carbocycles. The minimum atomic E-state index is -0.00958. The summed E-state index contributed by atoms with van der Waals surface area (Å²) < 4.78 is 0.912. The lowest BCUT2D eigenvalue weighted by Gasteiger charge is -2.41. The first kappa shape index (κ1) is 10.5. The van der Waals surface area contributed by atoms with Crippen LogP contribution in [0.3, 0.4) is 0 Å². The van der Waals surface area contributed by atoms with Gasteiger partial charge in [0.2, 0.25) is 0 Å². The number of aliphatic hydroxyl groups excluding tert-OH is 1. The quantitative estimate of drug-likeness (QED) is 0.875. The van der Waals surface area contributed by atoms with Crippen molar-refractivity contribution in [2.75, 3.05) is 6.61 Å². The third-order valence-corrected chi connectivity index (χ3v) is 4.38. The van der Waals surface area contributed by atoms with Gasteiger partial charge >= 0.3 is 0 Å². The summed E-state index contributed by atoms with van der Waals surface area (Å²) in [6.07, 6.45) is 3.34. The summed E-state index contributed by atoms with van der Waals surface area (Å²) in [5, 5.41) is 10.1. The largest absolute Gasteiger partial charge is 0.395 e. The number of hydrogen-bond acceptors (Lipinski definition) is 1. The molecule has 76 valence electrons. The van der Waals surface area contributed by atoms with E-state index in [0.29, 0.717) is 0 Å². The summed E-state index contributed by atoms with van der Waals surface area (Å²) in [6, 6.07) is 5.96. The Kier molecular flexibility index (Phi) is 2.87. The Hall–Kier alpha value is -0.0500. The average molecular weight is 276 g/mol. The molecule has 0 saturated heterocycles. The molecule has 14 heavy (non-hydrogen) atoms. The van der Waals surface area contributed by atoms with Crippen molar-refractivity contribution < 1.29 is 5.11 Å². The van der Waals surface area contributed by atoms with E-state index in [0.717, 1.165) is 22.3 Å². The predicted molar refractivity (Wildman–Crippen MR) is 61.8 cm³/mol. The van der Waals surface area contributed by atoms with Crippen LogP contribution in [0.25, 0.3) is 0 Å². The SMILES string of the molecule is OCC1(c2ccc(Br)c(Cl)c2)CCC1. The minimum Gasteiger partial charge on any atom is -0.395 e. The molecule has 1 aromatic carbocycles. The fourth-order valence-electron chi connectivity index (χ4n) is 1.97. The maximum absolute atomic E-state index is 9.40. The van der Waals surface area contributed by atoms with Gasteiger partial charge in [0.15, 0.2) is 0 Å². The van der Waals surface area contributed by atoms with E-state index in [2.05, 4.69) is 15.9 Å². The van der Waals surface area contributed by atoms with E-state index in [1.165, 1.54) is 12.0 Å². The predicted octanol–water partition coefficient (Wildman–Crippen LogP) is 3.52. The molecular formula is C11H12BrClO. The summed E-state index contributed by atoms with van der Waals surface area (Å²) >= 11 is 9.39. The van der Waals surface area contributed by atoms with Crippen molar-refractivity contribution in [1.82, 2.24) is 0 Å². The van der Waals surface area contributed by atoms with E-state index in [9.17, 15) is 5.11 Å². The van der Waals surface area contributed by atoms with Crippen molar-refractivity contribution in [3.05, 3.63) is 33.3 Å². The second-order valence-corrected chi connectivity index (χ2v) is 5.18. The third-order valence-electron chi connectivity index (χ3n) is 3.15. The molecule has 0 bridgehead atoms. The van der Waals surface area contributed by atoms with Crippen LogP contribution in [0.2, 0.25) is 5.02 Å². The third kappa shape index (κ3) is 1.60. The normalized spacial score (nSPS) is 19.1. The van der Waals surface area contributed by atoms with Crippen LogP contribution in [0.5, 0.6) is 0 Å². The molecule has 2 rings (SSSR count). The molecule has 0 atom stereocenters. The zero-order chi connectivity index (χ0) is 10.2. The lowest BCUT2D eigenvalue weighted by atomic mass is 9.65. The van der Waals surface area contributed by atoms with Crippen LogP contribution in [0, 0.1) is 0 Å². The molecule has 0 heterocycles. The molecule has 0 aliphatic heterocycles. The molecule has 0 spiro atoms. The van der Waals surface area contributed by atoms with Crippen LogP contribution in [-0.2, 0) is 5.41 Å². The molecule has 1 aliphatic carbocycles. The van der Waals surface area contributed by atoms with Gasteiger partial charge in [0.25, 0.3) is 0 Å². The smallest absolute Gasteiger partial charge is 0.0551 e. The molecule has 0 unspecified atom stereocenters. The highest BCUT2D eigenvalue weighted by Crippen LogP contribution is 2.44. The van der Waals surface area contributed by atoms with Crippen LogP contribution >= 0.6 is 27.5 Å². The highest BCUT2D eigenvalue weighted by Gasteiger charge is 2.38. The Labute approximate surface area is 97.2 Å². The molecule has 1 aliphatic rings. The fraction of sp³-hybridized carbons (Fsp3) is 0.455. The van der Waals surface area contributed by atoms with Gasteiger partial charge < -0.3 is 5.11 Å². The van der Waals surface area contributed by atoms with Gasteiger partial charge in [-0.2, -0.15) is 0 Å². The first-order valence-electron chi connectivity index (χ1n) is 4.74. The van der Waals surface area contributed by atoms with Gasteiger partial charge in [-0.25, -0.2) is 0 Å². The van der Waals surface area contributed by atoms with Gasteiger partial charge in [0, 0.05) is 9.89 Å². The monoisotopic (exact) mass is 274 g/mol. The van der Waals surface area contributed by atoms with Gasteiger partial charge in [-0.15, -0.1) is 0 Å². The zero-order valence-corrected chi connectivity index (χ0v) is 10.1. The van der Waals surface area contributed by atoms with Gasteiger partial charge in [-0.1, -0.05) is 24.1 Å². The molecule has 0 amide bonds. The molecule has 1 N–H and O–H groups in total. The summed E-state index contributed by atoms with van der Waals surface area (Å²) in [5.41, 5.74) is 1.16. The van der Waals surface area contributed by atoms with Crippen LogP contribution < -0.4 is 0 Å². The Morgan fingerprint density at radius 1 is 1.43 bits per heavy atom. The number of benzene rings is 1. The van der Waals surface area contributed by atoms with Crippen molar-refractivity contribution in [3.8, 4) is 0 Å².